The summed E-state index contributed by atoms with van der Waals surface area (Å²) in [5.41, 5.74) is 8.53. The van der Waals surface area contributed by atoms with Crippen molar-refractivity contribution in [2.75, 3.05) is 0 Å². The van der Waals surface area contributed by atoms with Crippen LogP contribution in [0.25, 0.3) is 0 Å². The van der Waals surface area contributed by atoms with Gasteiger partial charge in [0.05, 0.1) is 0 Å². The van der Waals surface area contributed by atoms with Crippen molar-refractivity contribution in [1.29, 1.82) is 0 Å². The van der Waals surface area contributed by atoms with E-state index in [2.05, 4.69) is 48.0 Å². The van der Waals surface area contributed by atoms with Gasteiger partial charge in [-0.1, -0.05) is 48.0 Å². The van der Waals surface area contributed by atoms with E-state index in [4.69, 9.17) is 10.5 Å². The Morgan fingerprint density at radius 2 is 1.81 bits per heavy atom. The Bertz CT molecular complexity index is 580. The van der Waals surface area contributed by atoms with Crippen molar-refractivity contribution >= 4 is 15.9 Å². The summed E-state index contributed by atoms with van der Waals surface area (Å²) in [6, 6.07) is 14.5. The molecule has 2 aromatic rings. The third-order valence-electron chi connectivity index (χ3n) is 3.60. The minimum absolute atomic E-state index is 0.163. The number of hydrogen-bond donors (Lipinski definition) is 1. The molecule has 1 unspecified atom stereocenters. The molecule has 3 heteroatoms. The molecule has 0 aliphatic rings. The molecule has 2 nitrogen and oxygen atoms in total. The van der Waals surface area contributed by atoms with Crippen LogP contribution in [0.3, 0.4) is 0 Å². The number of benzene rings is 2. The molecule has 0 aromatic heterocycles. The molecule has 0 saturated heterocycles. The van der Waals surface area contributed by atoms with Crippen LogP contribution in [0.1, 0.15) is 31.4 Å². The van der Waals surface area contributed by atoms with Crippen molar-refractivity contribution in [3.8, 4) is 11.5 Å². The van der Waals surface area contributed by atoms with Gasteiger partial charge in [0.1, 0.15) is 11.5 Å². The Hall–Kier alpha value is -1.32. The fourth-order valence-electron chi connectivity index (χ4n) is 2.14. The van der Waals surface area contributed by atoms with Gasteiger partial charge in [-0.3, -0.25) is 0 Å². The van der Waals surface area contributed by atoms with Crippen LogP contribution in [0, 0.1) is 0 Å². The van der Waals surface area contributed by atoms with Gasteiger partial charge in [-0.05, 0) is 54.7 Å². The number of ether oxygens (including phenoxy) is 1. The quantitative estimate of drug-likeness (QED) is 0.790. The van der Waals surface area contributed by atoms with E-state index < -0.39 is 0 Å². The van der Waals surface area contributed by atoms with Crippen LogP contribution in [-0.4, -0.2) is 6.04 Å². The molecule has 0 aliphatic carbocycles. The highest BCUT2D eigenvalue weighted by molar-refractivity contribution is 9.10. The Kier molecular flexibility index (Phi) is 5.83. The second-order valence-electron chi connectivity index (χ2n) is 5.22. The predicted molar refractivity (Wildman–Crippen MR) is 92.0 cm³/mol. The Morgan fingerprint density at radius 1 is 1.10 bits per heavy atom. The molecule has 0 amide bonds. The molecule has 21 heavy (non-hydrogen) atoms. The molecular formula is C18H22BrNO. The number of rotatable bonds is 6. The molecule has 0 aliphatic heterocycles. The number of aryl methyl sites for hydroxylation is 1. The normalized spacial score (nSPS) is 12.2. The monoisotopic (exact) mass is 347 g/mol. The molecule has 112 valence electrons. The van der Waals surface area contributed by atoms with E-state index in [1.54, 1.807) is 0 Å². The van der Waals surface area contributed by atoms with Crippen LogP contribution in [-0.2, 0) is 12.8 Å². The maximum Gasteiger partial charge on any atom is 0.131 e. The third kappa shape index (κ3) is 4.58. The van der Waals surface area contributed by atoms with Crippen molar-refractivity contribution in [3.63, 3.8) is 0 Å². The van der Waals surface area contributed by atoms with Gasteiger partial charge in [0, 0.05) is 10.5 Å². The summed E-state index contributed by atoms with van der Waals surface area (Å²) in [6.45, 7) is 4.25. The molecular weight excluding hydrogens is 326 g/mol. The highest BCUT2D eigenvalue weighted by atomic mass is 79.9. The minimum Gasteiger partial charge on any atom is -0.457 e. The zero-order valence-electron chi connectivity index (χ0n) is 12.6. The lowest BCUT2D eigenvalue weighted by molar-refractivity contribution is 0.471. The van der Waals surface area contributed by atoms with Crippen LogP contribution in [0.4, 0.5) is 0 Å². The summed E-state index contributed by atoms with van der Waals surface area (Å²) in [5, 5.41) is 0. The lowest BCUT2D eigenvalue weighted by Crippen LogP contribution is -2.21. The van der Waals surface area contributed by atoms with Crippen molar-refractivity contribution in [3.05, 3.63) is 58.1 Å². The van der Waals surface area contributed by atoms with Crippen LogP contribution in [0.2, 0.25) is 0 Å². The van der Waals surface area contributed by atoms with Gasteiger partial charge in [0.2, 0.25) is 0 Å². The standard InChI is InChI=1S/C18H22BrNO/c1-3-13-5-9-17(10-6-13)21-18-12-15(19)8-7-14(18)11-16(20)4-2/h5-10,12,16H,3-4,11,20H2,1-2H3. The summed E-state index contributed by atoms with van der Waals surface area (Å²) in [5.74, 6) is 1.73. The molecule has 0 heterocycles. The first-order valence-corrected chi connectivity index (χ1v) is 8.22. The number of nitrogens with two attached hydrogens (primary N) is 1. The largest absolute Gasteiger partial charge is 0.457 e. The average molecular weight is 348 g/mol. The summed E-state index contributed by atoms with van der Waals surface area (Å²) >= 11 is 3.50. The van der Waals surface area contributed by atoms with Crippen molar-refractivity contribution in [1.82, 2.24) is 0 Å². The second kappa shape index (κ2) is 7.62. The van der Waals surface area contributed by atoms with E-state index in [-0.39, 0.29) is 6.04 Å². The zero-order chi connectivity index (χ0) is 15.2. The highest BCUT2D eigenvalue weighted by Crippen LogP contribution is 2.29. The van der Waals surface area contributed by atoms with E-state index >= 15 is 0 Å². The van der Waals surface area contributed by atoms with Gasteiger partial charge < -0.3 is 10.5 Å². The van der Waals surface area contributed by atoms with Crippen LogP contribution < -0.4 is 10.5 Å². The van der Waals surface area contributed by atoms with E-state index in [0.29, 0.717) is 0 Å². The van der Waals surface area contributed by atoms with Gasteiger partial charge in [0.15, 0.2) is 0 Å². The summed E-state index contributed by atoms with van der Waals surface area (Å²) in [7, 11) is 0. The highest BCUT2D eigenvalue weighted by Gasteiger charge is 2.09. The maximum absolute atomic E-state index is 6.08. The van der Waals surface area contributed by atoms with Crippen molar-refractivity contribution in [2.24, 2.45) is 5.73 Å². The van der Waals surface area contributed by atoms with Crippen molar-refractivity contribution in [2.45, 2.75) is 39.2 Å². The molecule has 0 radical (unpaired) electrons. The smallest absolute Gasteiger partial charge is 0.131 e. The van der Waals surface area contributed by atoms with Gasteiger partial charge in [0.25, 0.3) is 0 Å². The van der Waals surface area contributed by atoms with Crippen LogP contribution >= 0.6 is 15.9 Å². The third-order valence-corrected chi connectivity index (χ3v) is 4.09. The van der Waals surface area contributed by atoms with Gasteiger partial charge in [-0.2, -0.15) is 0 Å². The van der Waals surface area contributed by atoms with Crippen molar-refractivity contribution < 1.29 is 4.74 Å². The lowest BCUT2D eigenvalue weighted by Gasteiger charge is -2.15. The molecule has 0 bridgehead atoms. The molecule has 1 atom stereocenters. The molecule has 2 rings (SSSR count). The van der Waals surface area contributed by atoms with E-state index in [1.807, 2.05) is 24.3 Å². The first kappa shape index (κ1) is 16.1. The van der Waals surface area contributed by atoms with E-state index in [0.717, 1.165) is 40.8 Å². The second-order valence-corrected chi connectivity index (χ2v) is 6.14. The van der Waals surface area contributed by atoms with E-state index in [1.165, 1.54) is 5.56 Å². The fraction of sp³-hybridized carbons (Fsp3) is 0.333. The fourth-order valence-corrected chi connectivity index (χ4v) is 2.48. The van der Waals surface area contributed by atoms with E-state index in [9.17, 15) is 0 Å². The molecule has 0 spiro atoms. The van der Waals surface area contributed by atoms with Crippen LogP contribution in [0.15, 0.2) is 46.9 Å². The molecule has 2 N–H and O–H groups in total. The van der Waals surface area contributed by atoms with Crippen LogP contribution in [0.5, 0.6) is 11.5 Å². The summed E-state index contributed by atoms with van der Waals surface area (Å²) in [4.78, 5) is 0. The summed E-state index contributed by atoms with van der Waals surface area (Å²) < 4.78 is 7.06. The molecule has 0 fully saturated rings. The number of halogens is 1. The number of hydrogen-bond acceptors (Lipinski definition) is 2. The lowest BCUT2D eigenvalue weighted by atomic mass is 10.0. The minimum atomic E-state index is 0.163. The maximum atomic E-state index is 6.08. The van der Waals surface area contributed by atoms with Gasteiger partial charge in [-0.15, -0.1) is 0 Å². The average Bonchev–Trinajstić information content (AvgIpc) is 2.50. The topological polar surface area (TPSA) is 35.2 Å². The Labute approximate surface area is 135 Å². The SMILES string of the molecule is CCc1ccc(Oc2cc(Br)ccc2CC(N)CC)cc1. The Morgan fingerprint density at radius 3 is 2.43 bits per heavy atom. The van der Waals surface area contributed by atoms with Gasteiger partial charge in [-0.25, -0.2) is 0 Å². The zero-order valence-corrected chi connectivity index (χ0v) is 14.2. The summed E-state index contributed by atoms with van der Waals surface area (Å²) in [6.07, 6.45) is 2.82. The predicted octanol–water partition coefficient (Wildman–Crippen LogP) is 5.08. The Balaban J connectivity index is 2.22. The first-order chi connectivity index (χ1) is 10.1. The first-order valence-electron chi connectivity index (χ1n) is 7.43. The molecule has 2 aromatic carbocycles. The molecule has 0 saturated carbocycles. The van der Waals surface area contributed by atoms with Gasteiger partial charge >= 0.3 is 0 Å².